The topological polar surface area (TPSA) is 107 Å². The van der Waals surface area contributed by atoms with E-state index in [1.54, 1.807) is 4.90 Å². The van der Waals surface area contributed by atoms with E-state index in [1.165, 1.54) is 0 Å². The van der Waals surface area contributed by atoms with Gasteiger partial charge in [0.2, 0.25) is 11.8 Å². The number of nitriles is 1. The number of amides is 3. The van der Waals surface area contributed by atoms with Crippen molar-refractivity contribution in [2.75, 3.05) is 13.1 Å². The molecule has 2 aliphatic heterocycles. The van der Waals surface area contributed by atoms with Crippen LogP contribution in [0.2, 0.25) is 0 Å². The predicted molar refractivity (Wildman–Crippen MR) is 122 cm³/mol. The predicted octanol–water partition coefficient (Wildman–Crippen LogP) is 2.10. The first kappa shape index (κ1) is 21.5. The van der Waals surface area contributed by atoms with Gasteiger partial charge in [0.25, 0.3) is 5.91 Å². The normalized spacial score (nSPS) is 24.4. The number of piperidine rings is 1. The van der Waals surface area contributed by atoms with E-state index in [1.807, 2.05) is 41.9 Å². The van der Waals surface area contributed by atoms with Gasteiger partial charge >= 0.3 is 0 Å². The smallest absolute Gasteiger partial charge is 0.271 e. The van der Waals surface area contributed by atoms with Crippen LogP contribution in [0.25, 0.3) is 10.9 Å². The third-order valence-electron chi connectivity index (χ3n) is 7.73. The number of aryl methyl sites for hydroxylation is 1. The van der Waals surface area contributed by atoms with E-state index >= 15 is 0 Å². The fourth-order valence-electron chi connectivity index (χ4n) is 5.45. The van der Waals surface area contributed by atoms with Crippen molar-refractivity contribution in [3.63, 3.8) is 0 Å². The average molecular weight is 448 g/mol. The highest BCUT2D eigenvalue weighted by molar-refractivity contribution is 6.01. The summed E-state index contributed by atoms with van der Waals surface area (Å²) in [5.41, 5.74) is 1.67. The Kier molecular flexibility index (Phi) is 5.35. The summed E-state index contributed by atoms with van der Waals surface area (Å²) < 4.78 is 1.88. The van der Waals surface area contributed by atoms with Crippen LogP contribution >= 0.6 is 0 Å². The van der Waals surface area contributed by atoms with Gasteiger partial charge < -0.3 is 20.1 Å². The first-order valence-electron chi connectivity index (χ1n) is 11.7. The van der Waals surface area contributed by atoms with Crippen LogP contribution in [0.1, 0.15) is 49.0 Å². The standard InChI is InChI=1S/C25H29N5O3/c1-29-19-5-3-2-4-16(19)13-20(29)24(33)30-11-9-25(7-8-25)14-21(30)23(32)28-18(15-26)12-17-6-10-27-22(17)31/h2-5,13,17-18,21H,6-12,14H2,1H3,(H,27,31)(H,28,32). The molecule has 3 unspecified atom stereocenters. The first-order valence-corrected chi connectivity index (χ1v) is 11.7. The Labute approximate surface area is 192 Å². The molecule has 0 radical (unpaired) electrons. The Morgan fingerprint density at radius 3 is 2.76 bits per heavy atom. The van der Waals surface area contributed by atoms with E-state index in [4.69, 9.17) is 0 Å². The molecule has 3 aliphatic rings. The van der Waals surface area contributed by atoms with Crippen molar-refractivity contribution in [1.82, 2.24) is 20.1 Å². The number of nitrogens with zero attached hydrogens (tertiary/aromatic N) is 3. The quantitative estimate of drug-likeness (QED) is 0.732. The minimum atomic E-state index is -0.752. The van der Waals surface area contributed by atoms with Gasteiger partial charge in [-0.15, -0.1) is 0 Å². The molecule has 3 atom stereocenters. The zero-order valence-corrected chi connectivity index (χ0v) is 18.8. The van der Waals surface area contributed by atoms with Gasteiger partial charge in [0, 0.05) is 37.0 Å². The van der Waals surface area contributed by atoms with Gasteiger partial charge in [0.05, 0.1) is 6.07 Å². The van der Waals surface area contributed by atoms with Gasteiger partial charge in [-0.1, -0.05) is 18.2 Å². The number of para-hydroxylation sites is 1. The molecule has 8 heteroatoms. The Hall–Kier alpha value is -3.34. The molecule has 1 aromatic heterocycles. The minimum absolute atomic E-state index is 0.0633. The van der Waals surface area contributed by atoms with E-state index in [0.717, 1.165) is 30.2 Å². The van der Waals surface area contributed by atoms with Gasteiger partial charge in [0.1, 0.15) is 17.8 Å². The second kappa shape index (κ2) is 8.22. The molecule has 1 saturated carbocycles. The van der Waals surface area contributed by atoms with Crippen molar-refractivity contribution < 1.29 is 14.4 Å². The van der Waals surface area contributed by atoms with Crippen LogP contribution < -0.4 is 10.6 Å². The molecule has 33 heavy (non-hydrogen) atoms. The fourth-order valence-corrected chi connectivity index (χ4v) is 5.45. The summed E-state index contributed by atoms with van der Waals surface area (Å²) in [6.07, 6.45) is 4.65. The Bertz CT molecular complexity index is 1160. The molecule has 1 aromatic carbocycles. The minimum Gasteiger partial charge on any atom is -0.356 e. The van der Waals surface area contributed by atoms with Crippen LogP contribution in [0.5, 0.6) is 0 Å². The highest BCUT2D eigenvalue weighted by Crippen LogP contribution is 2.55. The summed E-state index contributed by atoms with van der Waals surface area (Å²) >= 11 is 0. The molecule has 1 spiro atoms. The SMILES string of the molecule is Cn1c(C(=O)N2CCC3(CC3)CC2C(=O)NC(C#N)CC2CCNC2=O)cc2ccccc21. The molecule has 0 bridgehead atoms. The van der Waals surface area contributed by atoms with Crippen molar-refractivity contribution in [2.45, 2.75) is 50.6 Å². The van der Waals surface area contributed by atoms with Crippen LogP contribution in [-0.2, 0) is 16.6 Å². The summed E-state index contributed by atoms with van der Waals surface area (Å²) in [5.74, 6) is -0.776. The Morgan fingerprint density at radius 1 is 1.30 bits per heavy atom. The molecule has 2 saturated heterocycles. The third kappa shape index (κ3) is 3.97. The van der Waals surface area contributed by atoms with Crippen molar-refractivity contribution >= 4 is 28.6 Å². The number of carbonyl (C=O) groups excluding carboxylic acids is 3. The Balaban J connectivity index is 1.36. The van der Waals surface area contributed by atoms with Gasteiger partial charge in [-0.3, -0.25) is 14.4 Å². The number of fused-ring (bicyclic) bond motifs is 1. The molecule has 1 aliphatic carbocycles. The summed E-state index contributed by atoms with van der Waals surface area (Å²) in [7, 11) is 1.87. The number of hydrogen-bond donors (Lipinski definition) is 2. The summed E-state index contributed by atoms with van der Waals surface area (Å²) in [6.45, 7) is 1.13. The van der Waals surface area contributed by atoms with E-state index in [-0.39, 0.29) is 29.1 Å². The lowest BCUT2D eigenvalue weighted by atomic mass is 9.87. The third-order valence-corrected chi connectivity index (χ3v) is 7.73. The highest BCUT2D eigenvalue weighted by Gasteiger charge is 2.51. The second-order valence-electron chi connectivity index (χ2n) is 9.82. The van der Waals surface area contributed by atoms with Gasteiger partial charge in [-0.25, -0.2) is 0 Å². The van der Waals surface area contributed by atoms with Crippen LogP contribution in [0, 0.1) is 22.7 Å². The maximum absolute atomic E-state index is 13.6. The maximum Gasteiger partial charge on any atom is 0.271 e. The van der Waals surface area contributed by atoms with Crippen LogP contribution in [0.4, 0.5) is 0 Å². The first-order chi connectivity index (χ1) is 15.9. The molecule has 3 heterocycles. The second-order valence-corrected chi connectivity index (χ2v) is 9.82. The fraction of sp³-hybridized carbons (Fsp3) is 0.520. The zero-order chi connectivity index (χ0) is 23.2. The zero-order valence-electron chi connectivity index (χ0n) is 18.8. The van der Waals surface area contributed by atoms with Gasteiger partial charge in [-0.05, 0) is 56.1 Å². The number of aromatic nitrogens is 1. The molecule has 2 N–H and O–H groups in total. The largest absolute Gasteiger partial charge is 0.356 e. The maximum atomic E-state index is 13.6. The average Bonchev–Trinajstić information content (AvgIpc) is 3.31. The number of nitrogens with one attached hydrogen (secondary N) is 2. The number of likely N-dealkylation sites (tertiary alicyclic amines) is 1. The van der Waals surface area contributed by atoms with Crippen molar-refractivity contribution in [3.05, 3.63) is 36.0 Å². The van der Waals surface area contributed by atoms with Crippen molar-refractivity contribution in [3.8, 4) is 6.07 Å². The number of hydrogen-bond acceptors (Lipinski definition) is 4. The molecular formula is C25H29N5O3. The number of carbonyl (C=O) groups is 3. The van der Waals surface area contributed by atoms with E-state index in [2.05, 4.69) is 16.7 Å². The van der Waals surface area contributed by atoms with E-state index < -0.39 is 12.1 Å². The Morgan fingerprint density at radius 2 is 2.09 bits per heavy atom. The van der Waals surface area contributed by atoms with E-state index in [0.29, 0.717) is 38.0 Å². The monoisotopic (exact) mass is 447 g/mol. The summed E-state index contributed by atoms with van der Waals surface area (Å²) in [6, 6.07) is 10.5. The lowest BCUT2D eigenvalue weighted by Crippen LogP contribution is -2.55. The molecule has 172 valence electrons. The number of rotatable bonds is 5. The molecule has 3 fully saturated rings. The summed E-state index contributed by atoms with van der Waals surface area (Å²) in [5, 5.41) is 16.2. The van der Waals surface area contributed by atoms with Crippen molar-refractivity contribution in [2.24, 2.45) is 18.4 Å². The van der Waals surface area contributed by atoms with Crippen LogP contribution in [-0.4, -0.2) is 52.4 Å². The van der Waals surface area contributed by atoms with Crippen LogP contribution in [0.3, 0.4) is 0 Å². The molecule has 5 rings (SSSR count). The molecule has 8 nitrogen and oxygen atoms in total. The van der Waals surface area contributed by atoms with Gasteiger partial charge in [-0.2, -0.15) is 5.26 Å². The van der Waals surface area contributed by atoms with Gasteiger partial charge in [0.15, 0.2) is 0 Å². The number of benzene rings is 1. The molecular weight excluding hydrogens is 418 g/mol. The van der Waals surface area contributed by atoms with E-state index in [9.17, 15) is 19.6 Å². The lowest BCUT2D eigenvalue weighted by molar-refractivity contribution is -0.128. The van der Waals surface area contributed by atoms with Crippen molar-refractivity contribution in [1.29, 1.82) is 5.26 Å². The molecule has 3 amide bonds. The summed E-state index contributed by atoms with van der Waals surface area (Å²) in [4.78, 5) is 40.6. The molecule has 2 aromatic rings. The lowest BCUT2D eigenvalue weighted by Gasteiger charge is -2.39. The van der Waals surface area contributed by atoms with Crippen LogP contribution in [0.15, 0.2) is 30.3 Å². The highest BCUT2D eigenvalue weighted by atomic mass is 16.2.